The van der Waals surface area contributed by atoms with E-state index in [-0.39, 0.29) is 11.5 Å². The van der Waals surface area contributed by atoms with Crippen molar-refractivity contribution in [1.82, 2.24) is 5.32 Å². The van der Waals surface area contributed by atoms with Gasteiger partial charge in [0, 0.05) is 6.42 Å². The van der Waals surface area contributed by atoms with E-state index < -0.39 is 20.0 Å². The fraction of sp³-hybridized carbons (Fsp3) is 0.893. The van der Waals surface area contributed by atoms with E-state index in [1.165, 1.54) is 56.9 Å². The number of amides is 1. The van der Waals surface area contributed by atoms with Gasteiger partial charge in [-0.15, -0.1) is 0 Å². The van der Waals surface area contributed by atoms with E-state index in [0.717, 1.165) is 55.3 Å². The molecule has 0 aromatic carbocycles. The molecule has 7 heteroatoms. The summed E-state index contributed by atoms with van der Waals surface area (Å²) in [6, 6.07) is 0. The predicted molar refractivity (Wildman–Crippen MR) is 139 cm³/mol. The molecule has 3 saturated carbocycles. The van der Waals surface area contributed by atoms with Gasteiger partial charge in [-0.1, -0.05) is 58.6 Å². The Balaban J connectivity index is 1.37. The molecule has 0 unspecified atom stereocenters. The van der Waals surface area contributed by atoms with Crippen molar-refractivity contribution in [2.24, 2.45) is 40.4 Å². The summed E-state index contributed by atoms with van der Waals surface area (Å²) < 4.78 is 16.6. The van der Waals surface area contributed by atoms with E-state index in [4.69, 9.17) is 14.5 Å². The number of hydrogen-bond donors (Lipinski definition) is 3. The molecule has 0 aliphatic heterocycles. The predicted octanol–water partition coefficient (Wildman–Crippen LogP) is 7.01. The highest BCUT2D eigenvalue weighted by atomic mass is 31.2. The van der Waals surface area contributed by atoms with E-state index in [9.17, 15) is 9.36 Å². The Hall–Kier alpha value is -0.840. The highest BCUT2D eigenvalue weighted by molar-refractivity contribution is 7.51. The Morgan fingerprint density at radius 3 is 2.63 bits per heavy atom. The minimum atomic E-state index is -4.28. The number of hydrogen-bond acceptors (Lipinski definition) is 3. The quantitative estimate of drug-likeness (QED) is 0.186. The first-order valence-corrected chi connectivity index (χ1v) is 15.9. The van der Waals surface area contributed by atoms with Crippen LogP contribution in [0.2, 0.25) is 0 Å². The second kappa shape index (κ2) is 10.5. The van der Waals surface area contributed by atoms with Crippen molar-refractivity contribution in [3.63, 3.8) is 0 Å². The van der Waals surface area contributed by atoms with E-state index in [2.05, 4.69) is 39.1 Å². The standard InChI is InChI=1S/C28H48NO5P/c1-19(2)7-5-6-8-20-10-12-24-23-11-9-21-17-22(34-26(30)29-18-35(31,32)33)13-15-28(21,4)25(23)14-16-27(20,24)3/h9,19-20,22-25H,5-8,10-18H2,1-4H3,(H,29,30)(H2,31,32,33)/t20-,22-,23-,24-,25-,27+,28-/m0/s1. The summed E-state index contributed by atoms with van der Waals surface area (Å²) >= 11 is 0. The lowest BCUT2D eigenvalue weighted by molar-refractivity contribution is -0.0518. The third-order valence-electron chi connectivity index (χ3n) is 10.5. The first kappa shape index (κ1) is 27.2. The van der Waals surface area contributed by atoms with Crippen LogP contribution in [-0.2, 0) is 9.30 Å². The SMILES string of the molecule is CC(C)CCCC[C@H]1CC[C@H]2[C@@H]3CC=C4C[C@@H](OC(=O)NCP(=O)(O)O)CC[C@]4(C)[C@H]3CC[C@]12C. The molecule has 7 atom stereocenters. The first-order chi connectivity index (χ1) is 16.4. The van der Waals surface area contributed by atoms with Crippen molar-refractivity contribution in [2.75, 3.05) is 6.29 Å². The molecule has 35 heavy (non-hydrogen) atoms. The van der Waals surface area contributed by atoms with Crippen LogP contribution in [0, 0.1) is 40.4 Å². The Morgan fingerprint density at radius 2 is 1.91 bits per heavy atom. The van der Waals surface area contributed by atoms with E-state index >= 15 is 0 Å². The van der Waals surface area contributed by atoms with Gasteiger partial charge < -0.3 is 19.8 Å². The zero-order valence-electron chi connectivity index (χ0n) is 22.3. The molecule has 0 bridgehead atoms. The number of nitrogens with one attached hydrogen (secondary N) is 1. The van der Waals surface area contributed by atoms with Crippen molar-refractivity contribution >= 4 is 13.7 Å². The second-order valence-corrected chi connectivity index (χ2v) is 14.7. The maximum Gasteiger partial charge on any atom is 0.407 e. The molecular formula is C28H48NO5P. The van der Waals surface area contributed by atoms with Gasteiger partial charge in [0.1, 0.15) is 12.4 Å². The zero-order chi connectivity index (χ0) is 25.4. The largest absolute Gasteiger partial charge is 0.446 e. The molecule has 4 aliphatic rings. The molecule has 0 aromatic rings. The smallest absolute Gasteiger partial charge is 0.407 e. The molecule has 6 nitrogen and oxygen atoms in total. The topological polar surface area (TPSA) is 95.9 Å². The molecule has 0 radical (unpaired) electrons. The van der Waals surface area contributed by atoms with Crippen molar-refractivity contribution in [3.8, 4) is 0 Å². The number of unbranched alkanes of at least 4 members (excludes halogenated alkanes) is 1. The number of rotatable bonds is 8. The summed E-state index contributed by atoms with van der Waals surface area (Å²) in [7, 11) is -4.28. The van der Waals surface area contributed by atoms with Crippen LogP contribution in [0.15, 0.2) is 11.6 Å². The molecule has 4 rings (SSSR count). The van der Waals surface area contributed by atoms with Crippen LogP contribution in [0.5, 0.6) is 0 Å². The Kier molecular flexibility index (Phi) is 8.16. The van der Waals surface area contributed by atoms with Gasteiger partial charge >= 0.3 is 13.7 Å². The minimum absolute atomic E-state index is 0.196. The highest BCUT2D eigenvalue weighted by Gasteiger charge is 2.58. The third kappa shape index (κ3) is 5.85. The van der Waals surface area contributed by atoms with Gasteiger partial charge in [0.15, 0.2) is 0 Å². The molecular weight excluding hydrogens is 461 g/mol. The van der Waals surface area contributed by atoms with Crippen molar-refractivity contribution in [1.29, 1.82) is 0 Å². The van der Waals surface area contributed by atoms with Gasteiger partial charge in [-0.3, -0.25) is 4.57 Å². The molecule has 1 amide bonds. The Morgan fingerprint density at radius 1 is 1.14 bits per heavy atom. The number of carbonyl (C=O) groups excluding carboxylic acids is 1. The molecule has 0 aromatic heterocycles. The fourth-order valence-corrected chi connectivity index (χ4v) is 8.95. The summed E-state index contributed by atoms with van der Waals surface area (Å²) in [4.78, 5) is 30.0. The van der Waals surface area contributed by atoms with Gasteiger partial charge in [0.05, 0.1) is 0 Å². The molecule has 0 heterocycles. The highest BCUT2D eigenvalue weighted by Crippen LogP contribution is 2.66. The van der Waals surface area contributed by atoms with Crippen LogP contribution in [0.4, 0.5) is 4.79 Å². The molecule has 0 saturated heterocycles. The molecule has 0 spiro atoms. The van der Waals surface area contributed by atoms with E-state index in [1.54, 1.807) is 0 Å². The van der Waals surface area contributed by atoms with Crippen LogP contribution >= 0.6 is 7.60 Å². The minimum Gasteiger partial charge on any atom is -0.446 e. The van der Waals surface area contributed by atoms with Crippen molar-refractivity contribution in [2.45, 2.75) is 111 Å². The molecule has 4 aliphatic carbocycles. The second-order valence-electron chi connectivity index (χ2n) is 13.0. The lowest BCUT2D eigenvalue weighted by Gasteiger charge is -2.58. The van der Waals surface area contributed by atoms with Gasteiger partial charge in [-0.05, 0) is 91.8 Å². The normalized spacial score (nSPS) is 38.8. The number of alkyl carbamates (subject to hydrolysis) is 1. The number of fused-ring (bicyclic) bond motifs is 5. The first-order valence-electron chi connectivity index (χ1n) is 14.1. The lowest BCUT2D eigenvalue weighted by Crippen LogP contribution is -2.50. The molecule has 200 valence electrons. The van der Waals surface area contributed by atoms with Crippen molar-refractivity contribution in [3.05, 3.63) is 11.6 Å². The Labute approximate surface area is 212 Å². The van der Waals surface area contributed by atoms with Crippen LogP contribution < -0.4 is 5.32 Å². The number of carbonyl (C=O) groups is 1. The Bertz CT molecular complexity index is 852. The van der Waals surface area contributed by atoms with Gasteiger partial charge in [0.25, 0.3) is 0 Å². The zero-order valence-corrected chi connectivity index (χ0v) is 23.2. The van der Waals surface area contributed by atoms with E-state index in [1.807, 2.05) is 0 Å². The van der Waals surface area contributed by atoms with Crippen LogP contribution in [0.3, 0.4) is 0 Å². The molecule has 3 fully saturated rings. The summed E-state index contributed by atoms with van der Waals surface area (Å²) in [6.45, 7) is 9.75. The van der Waals surface area contributed by atoms with Crippen LogP contribution in [-0.4, -0.2) is 28.3 Å². The summed E-state index contributed by atoms with van der Waals surface area (Å²) in [5, 5.41) is 2.21. The molecule has 3 N–H and O–H groups in total. The maximum atomic E-state index is 12.0. The lowest BCUT2D eigenvalue weighted by atomic mass is 9.47. The monoisotopic (exact) mass is 509 g/mol. The number of allylic oxidation sites excluding steroid dienone is 1. The summed E-state index contributed by atoms with van der Waals surface area (Å²) in [5.74, 6) is 4.07. The van der Waals surface area contributed by atoms with Gasteiger partial charge in [0.2, 0.25) is 0 Å². The van der Waals surface area contributed by atoms with Crippen molar-refractivity contribution < 1.29 is 23.9 Å². The summed E-state index contributed by atoms with van der Waals surface area (Å²) in [6.07, 6.45) is 15.7. The number of ether oxygens (including phenoxy) is 1. The third-order valence-corrected chi connectivity index (χ3v) is 11.1. The fourth-order valence-electron chi connectivity index (χ4n) is 8.62. The van der Waals surface area contributed by atoms with E-state index in [0.29, 0.717) is 5.41 Å². The average molecular weight is 510 g/mol. The maximum absolute atomic E-state index is 12.0. The van der Waals surface area contributed by atoms with Crippen LogP contribution in [0.1, 0.15) is 105 Å². The van der Waals surface area contributed by atoms with Gasteiger partial charge in [-0.25, -0.2) is 4.79 Å². The summed E-state index contributed by atoms with van der Waals surface area (Å²) in [5.41, 5.74) is 2.16. The average Bonchev–Trinajstić information content (AvgIpc) is 3.11. The van der Waals surface area contributed by atoms with Crippen LogP contribution in [0.25, 0.3) is 0 Å². The van der Waals surface area contributed by atoms with Gasteiger partial charge in [-0.2, -0.15) is 0 Å².